The monoisotopic (exact) mass is 336 g/mol. The molecule has 0 aliphatic carbocycles. The first-order chi connectivity index (χ1) is 11.5. The first-order valence-corrected chi connectivity index (χ1v) is 8.01. The molecule has 1 fully saturated rings. The van der Waals surface area contributed by atoms with Crippen molar-refractivity contribution >= 4 is 17.6 Å². The van der Waals surface area contributed by atoms with Crippen LogP contribution in [0.15, 0.2) is 18.2 Å². The summed E-state index contributed by atoms with van der Waals surface area (Å²) in [6, 6.07) is 5.78. The van der Waals surface area contributed by atoms with Gasteiger partial charge in [0.25, 0.3) is 0 Å². The van der Waals surface area contributed by atoms with Crippen LogP contribution in [0.2, 0.25) is 0 Å². The van der Waals surface area contributed by atoms with Crippen molar-refractivity contribution in [2.45, 2.75) is 19.3 Å². The predicted molar refractivity (Wildman–Crippen MR) is 89.8 cm³/mol. The molecule has 132 valence electrons. The number of amides is 1. The maximum Gasteiger partial charge on any atom is 0.303 e. The molecule has 0 unspecified atom stereocenters. The molecule has 7 heteroatoms. The molecule has 1 N–H and O–H groups in total. The van der Waals surface area contributed by atoms with Crippen molar-refractivity contribution in [3.05, 3.63) is 18.2 Å². The van der Waals surface area contributed by atoms with Crippen molar-refractivity contribution in [3.8, 4) is 11.5 Å². The number of benzene rings is 1. The summed E-state index contributed by atoms with van der Waals surface area (Å²) in [6.45, 7) is 2.75. The van der Waals surface area contributed by atoms with E-state index in [2.05, 4.69) is 4.90 Å². The van der Waals surface area contributed by atoms with Crippen molar-refractivity contribution < 1.29 is 24.2 Å². The Hall–Kier alpha value is -2.44. The minimum absolute atomic E-state index is 0.0308. The van der Waals surface area contributed by atoms with Gasteiger partial charge < -0.3 is 24.4 Å². The average molecular weight is 336 g/mol. The van der Waals surface area contributed by atoms with Crippen LogP contribution >= 0.6 is 0 Å². The van der Waals surface area contributed by atoms with E-state index >= 15 is 0 Å². The van der Waals surface area contributed by atoms with Crippen LogP contribution in [0.1, 0.15) is 19.3 Å². The second-order valence-electron chi connectivity index (χ2n) is 5.65. The number of carbonyl (C=O) groups excluding carboxylic acids is 1. The second-order valence-corrected chi connectivity index (χ2v) is 5.65. The Morgan fingerprint density at radius 1 is 1.04 bits per heavy atom. The highest BCUT2D eigenvalue weighted by Gasteiger charge is 2.21. The standard InChI is InChI=1S/C17H24N2O5/c1-23-14-7-6-13(12-15(14)24-2)18-8-10-19(11-9-18)16(20)4-3-5-17(21)22/h6-7,12H,3-5,8-11H2,1-2H3,(H,21,22). The number of carbonyl (C=O) groups is 2. The van der Waals surface area contributed by atoms with E-state index in [1.807, 2.05) is 18.2 Å². The van der Waals surface area contributed by atoms with Crippen molar-refractivity contribution in [1.29, 1.82) is 0 Å². The Morgan fingerprint density at radius 2 is 1.71 bits per heavy atom. The predicted octanol–water partition coefficient (Wildman–Crippen LogP) is 1.61. The van der Waals surface area contributed by atoms with Crippen molar-refractivity contribution in [2.75, 3.05) is 45.3 Å². The van der Waals surface area contributed by atoms with E-state index in [9.17, 15) is 9.59 Å². The first-order valence-electron chi connectivity index (χ1n) is 8.01. The molecule has 0 atom stereocenters. The fourth-order valence-corrected chi connectivity index (χ4v) is 2.78. The highest BCUT2D eigenvalue weighted by Crippen LogP contribution is 2.31. The smallest absolute Gasteiger partial charge is 0.303 e. The summed E-state index contributed by atoms with van der Waals surface area (Å²) in [6.07, 6.45) is 0.726. The fourth-order valence-electron chi connectivity index (χ4n) is 2.78. The number of hydrogen-bond acceptors (Lipinski definition) is 5. The highest BCUT2D eigenvalue weighted by atomic mass is 16.5. The molecule has 1 saturated heterocycles. The van der Waals surface area contributed by atoms with E-state index < -0.39 is 5.97 Å². The molecule has 0 spiro atoms. The van der Waals surface area contributed by atoms with Crippen LogP contribution in [0.4, 0.5) is 5.69 Å². The molecule has 1 heterocycles. The van der Waals surface area contributed by atoms with Crippen LogP contribution in [-0.2, 0) is 9.59 Å². The van der Waals surface area contributed by atoms with Gasteiger partial charge in [0.1, 0.15) is 0 Å². The normalized spacial score (nSPS) is 14.4. The molecule has 1 aromatic rings. The van der Waals surface area contributed by atoms with E-state index in [0.717, 1.165) is 18.8 Å². The highest BCUT2D eigenvalue weighted by molar-refractivity contribution is 5.77. The topological polar surface area (TPSA) is 79.3 Å². The Bertz CT molecular complexity index is 582. The van der Waals surface area contributed by atoms with Gasteiger partial charge in [0.2, 0.25) is 5.91 Å². The molecule has 24 heavy (non-hydrogen) atoms. The number of rotatable bonds is 7. The van der Waals surface area contributed by atoms with Crippen molar-refractivity contribution in [2.24, 2.45) is 0 Å². The lowest BCUT2D eigenvalue weighted by Crippen LogP contribution is -2.48. The molecule has 0 saturated carbocycles. The van der Waals surface area contributed by atoms with Gasteiger partial charge in [0.05, 0.1) is 14.2 Å². The lowest BCUT2D eigenvalue weighted by atomic mass is 10.2. The molecular formula is C17H24N2O5. The van der Waals surface area contributed by atoms with Crippen LogP contribution in [-0.4, -0.2) is 62.3 Å². The van der Waals surface area contributed by atoms with Gasteiger partial charge in [0, 0.05) is 50.8 Å². The van der Waals surface area contributed by atoms with Gasteiger partial charge in [-0.25, -0.2) is 0 Å². The molecule has 1 aliphatic rings. The fraction of sp³-hybridized carbons (Fsp3) is 0.529. The van der Waals surface area contributed by atoms with Gasteiger partial charge >= 0.3 is 5.97 Å². The van der Waals surface area contributed by atoms with E-state index in [0.29, 0.717) is 37.4 Å². The Kier molecular flexibility index (Phi) is 6.28. The summed E-state index contributed by atoms with van der Waals surface area (Å²) in [7, 11) is 3.21. The number of aliphatic carboxylic acids is 1. The number of methoxy groups -OCH3 is 2. The summed E-state index contributed by atoms with van der Waals surface area (Å²) in [4.78, 5) is 26.6. The lowest BCUT2D eigenvalue weighted by molar-refractivity contribution is -0.137. The van der Waals surface area contributed by atoms with E-state index in [4.69, 9.17) is 14.6 Å². The Morgan fingerprint density at radius 3 is 2.29 bits per heavy atom. The average Bonchev–Trinajstić information content (AvgIpc) is 2.60. The third-order valence-electron chi connectivity index (χ3n) is 4.15. The molecule has 1 aliphatic heterocycles. The molecule has 1 aromatic carbocycles. The number of ether oxygens (including phenoxy) is 2. The third-order valence-corrected chi connectivity index (χ3v) is 4.15. The molecular weight excluding hydrogens is 312 g/mol. The molecule has 1 amide bonds. The van der Waals surface area contributed by atoms with Crippen molar-refractivity contribution in [3.63, 3.8) is 0 Å². The lowest BCUT2D eigenvalue weighted by Gasteiger charge is -2.36. The van der Waals surface area contributed by atoms with Gasteiger partial charge in [-0.1, -0.05) is 0 Å². The number of piperazine rings is 1. The molecule has 0 bridgehead atoms. The van der Waals surface area contributed by atoms with Gasteiger partial charge in [-0.15, -0.1) is 0 Å². The van der Waals surface area contributed by atoms with Crippen LogP contribution in [0.5, 0.6) is 11.5 Å². The number of hydrogen-bond donors (Lipinski definition) is 1. The number of carboxylic acid groups (broad SMARTS) is 1. The van der Waals surface area contributed by atoms with Crippen LogP contribution in [0, 0.1) is 0 Å². The zero-order chi connectivity index (χ0) is 17.5. The summed E-state index contributed by atoms with van der Waals surface area (Å²) >= 11 is 0. The molecule has 0 radical (unpaired) electrons. The Labute approximate surface area is 141 Å². The van der Waals surface area contributed by atoms with E-state index in [1.54, 1.807) is 19.1 Å². The Balaban J connectivity index is 1.88. The van der Waals surface area contributed by atoms with E-state index in [-0.39, 0.29) is 12.3 Å². The first kappa shape index (κ1) is 17.9. The quantitative estimate of drug-likeness (QED) is 0.815. The zero-order valence-corrected chi connectivity index (χ0v) is 14.2. The third kappa shape index (κ3) is 4.53. The number of nitrogens with zero attached hydrogens (tertiary/aromatic N) is 2. The van der Waals surface area contributed by atoms with Crippen LogP contribution in [0.3, 0.4) is 0 Å². The van der Waals surface area contributed by atoms with E-state index in [1.165, 1.54) is 0 Å². The summed E-state index contributed by atoms with van der Waals surface area (Å²) in [5.74, 6) is 0.542. The molecule has 7 nitrogen and oxygen atoms in total. The van der Waals surface area contributed by atoms with Crippen molar-refractivity contribution in [1.82, 2.24) is 4.90 Å². The SMILES string of the molecule is COc1ccc(N2CCN(C(=O)CCCC(=O)O)CC2)cc1OC. The van der Waals surface area contributed by atoms with Gasteiger partial charge in [-0.3, -0.25) is 9.59 Å². The van der Waals surface area contributed by atoms with Crippen LogP contribution < -0.4 is 14.4 Å². The molecule has 0 aromatic heterocycles. The number of anilines is 1. The van der Waals surface area contributed by atoms with Gasteiger partial charge in [-0.05, 0) is 18.6 Å². The second kappa shape index (κ2) is 8.42. The largest absolute Gasteiger partial charge is 0.493 e. The number of carboxylic acids is 1. The maximum absolute atomic E-state index is 12.1. The maximum atomic E-state index is 12.1. The summed E-state index contributed by atoms with van der Waals surface area (Å²) in [5.41, 5.74) is 1.03. The molecule has 2 rings (SSSR count). The minimum atomic E-state index is -0.860. The van der Waals surface area contributed by atoms with Crippen LogP contribution in [0.25, 0.3) is 0 Å². The van der Waals surface area contributed by atoms with Gasteiger partial charge in [-0.2, -0.15) is 0 Å². The summed E-state index contributed by atoms with van der Waals surface area (Å²) in [5, 5.41) is 8.63. The summed E-state index contributed by atoms with van der Waals surface area (Å²) < 4.78 is 10.6. The zero-order valence-electron chi connectivity index (χ0n) is 14.2. The van der Waals surface area contributed by atoms with Gasteiger partial charge in [0.15, 0.2) is 11.5 Å². The minimum Gasteiger partial charge on any atom is -0.493 e.